The third-order valence-electron chi connectivity index (χ3n) is 4.12. The predicted molar refractivity (Wildman–Crippen MR) is 60.4 cm³/mol. The number of nitrogens with one attached hydrogen (secondary N) is 1. The first-order valence-electron chi connectivity index (χ1n) is 6.26. The van der Waals surface area contributed by atoms with Gasteiger partial charge in [0.05, 0.1) is 0 Å². The molecular formula is C12H24N2. The fourth-order valence-corrected chi connectivity index (χ4v) is 2.92. The van der Waals surface area contributed by atoms with Crippen molar-refractivity contribution in [3.8, 4) is 0 Å². The van der Waals surface area contributed by atoms with E-state index < -0.39 is 0 Å². The van der Waals surface area contributed by atoms with Crippen LogP contribution in [0.2, 0.25) is 0 Å². The Morgan fingerprint density at radius 3 is 2.57 bits per heavy atom. The van der Waals surface area contributed by atoms with Crippen molar-refractivity contribution >= 4 is 0 Å². The normalized spacial score (nSPS) is 36.4. The van der Waals surface area contributed by atoms with Crippen molar-refractivity contribution in [2.24, 2.45) is 11.8 Å². The van der Waals surface area contributed by atoms with E-state index in [2.05, 4.69) is 24.1 Å². The second kappa shape index (κ2) is 4.63. The topological polar surface area (TPSA) is 15.3 Å². The van der Waals surface area contributed by atoms with Crippen LogP contribution in [-0.2, 0) is 0 Å². The number of likely N-dealkylation sites (tertiary alicyclic amines) is 1. The first kappa shape index (κ1) is 10.4. The van der Waals surface area contributed by atoms with Crippen LogP contribution in [-0.4, -0.2) is 37.1 Å². The Morgan fingerprint density at radius 2 is 1.93 bits per heavy atom. The van der Waals surface area contributed by atoms with E-state index in [9.17, 15) is 0 Å². The van der Waals surface area contributed by atoms with Crippen LogP contribution in [0.1, 0.15) is 33.1 Å². The van der Waals surface area contributed by atoms with Gasteiger partial charge >= 0.3 is 0 Å². The quantitative estimate of drug-likeness (QED) is 0.723. The lowest BCUT2D eigenvalue weighted by Gasteiger charge is -2.37. The minimum absolute atomic E-state index is 0.840. The Labute approximate surface area is 88.1 Å². The molecule has 2 heteroatoms. The zero-order chi connectivity index (χ0) is 9.97. The van der Waals surface area contributed by atoms with Gasteiger partial charge in [-0.25, -0.2) is 0 Å². The Balaban J connectivity index is 1.88. The van der Waals surface area contributed by atoms with Gasteiger partial charge < -0.3 is 5.32 Å². The van der Waals surface area contributed by atoms with Gasteiger partial charge in [-0.1, -0.05) is 20.3 Å². The van der Waals surface area contributed by atoms with Crippen molar-refractivity contribution in [3.63, 3.8) is 0 Å². The van der Waals surface area contributed by atoms with Crippen molar-refractivity contribution in [3.05, 3.63) is 0 Å². The summed E-state index contributed by atoms with van der Waals surface area (Å²) in [5, 5.41) is 3.54. The molecule has 0 aromatic carbocycles. The summed E-state index contributed by atoms with van der Waals surface area (Å²) in [4.78, 5) is 2.73. The van der Waals surface area contributed by atoms with Gasteiger partial charge in [-0.2, -0.15) is 0 Å². The van der Waals surface area contributed by atoms with Crippen molar-refractivity contribution in [1.29, 1.82) is 0 Å². The van der Waals surface area contributed by atoms with Crippen LogP contribution in [0.15, 0.2) is 0 Å². The SMILES string of the molecule is CC[C@@H]1CNC[C@H]1N1CCC(C)CC1. The van der Waals surface area contributed by atoms with Crippen molar-refractivity contribution in [2.45, 2.75) is 39.2 Å². The second-order valence-corrected chi connectivity index (χ2v) is 5.11. The highest BCUT2D eigenvalue weighted by molar-refractivity contribution is 4.89. The zero-order valence-electron chi connectivity index (χ0n) is 9.63. The standard InChI is InChI=1S/C12H24N2/c1-3-11-8-13-9-12(11)14-6-4-10(2)5-7-14/h10-13H,3-9H2,1-2H3/t11-,12-/m1/s1. The molecule has 0 amide bonds. The van der Waals surface area contributed by atoms with Crippen LogP contribution >= 0.6 is 0 Å². The van der Waals surface area contributed by atoms with Gasteiger partial charge in [0.25, 0.3) is 0 Å². The van der Waals surface area contributed by atoms with E-state index in [1.165, 1.54) is 45.4 Å². The van der Waals surface area contributed by atoms with Gasteiger partial charge in [0.15, 0.2) is 0 Å². The summed E-state index contributed by atoms with van der Waals surface area (Å²) in [6.45, 7) is 9.87. The Hall–Kier alpha value is -0.0800. The van der Waals surface area contributed by atoms with Gasteiger partial charge in [-0.3, -0.25) is 4.90 Å². The molecule has 0 saturated carbocycles. The molecule has 2 nitrogen and oxygen atoms in total. The molecule has 2 heterocycles. The summed E-state index contributed by atoms with van der Waals surface area (Å²) in [5.74, 6) is 1.86. The lowest BCUT2D eigenvalue weighted by atomic mass is 9.93. The van der Waals surface area contributed by atoms with Crippen LogP contribution in [0.3, 0.4) is 0 Å². The van der Waals surface area contributed by atoms with Gasteiger partial charge in [-0.15, -0.1) is 0 Å². The number of nitrogens with zero attached hydrogens (tertiary/aromatic N) is 1. The average Bonchev–Trinajstić information content (AvgIpc) is 2.67. The maximum absolute atomic E-state index is 3.54. The van der Waals surface area contributed by atoms with Crippen LogP contribution in [0.4, 0.5) is 0 Å². The largest absolute Gasteiger partial charge is 0.315 e. The molecule has 14 heavy (non-hydrogen) atoms. The smallest absolute Gasteiger partial charge is 0.0260 e. The van der Waals surface area contributed by atoms with E-state index in [1.807, 2.05) is 0 Å². The fraction of sp³-hybridized carbons (Fsp3) is 1.00. The predicted octanol–water partition coefficient (Wildman–Crippen LogP) is 1.72. The number of rotatable bonds is 2. The highest BCUT2D eigenvalue weighted by Crippen LogP contribution is 2.24. The van der Waals surface area contributed by atoms with E-state index >= 15 is 0 Å². The molecule has 1 N–H and O–H groups in total. The van der Waals surface area contributed by atoms with Gasteiger partial charge in [0, 0.05) is 12.6 Å². The lowest BCUT2D eigenvalue weighted by Crippen LogP contribution is -2.45. The Bertz CT molecular complexity index is 173. The monoisotopic (exact) mass is 196 g/mol. The zero-order valence-corrected chi connectivity index (χ0v) is 9.63. The van der Waals surface area contributed by atoms with Crippen molar-refractivity contribution in [2.75, 3.05) is 26.2 Å². The molecule has 2 aliphatic heterocycles. The molecule has 0 aromatic rings. The molecule has 0 unspecified atom stereocenters. The first-order valence-corrected chi connectivity index (χ1v) is 6.26. The molecule has 0 aliphatic carbocycles. The molecule has 0 radical (unpaired) electrons. The number of hydrogen-bond acceptors (Lipinski definition) is 2. The minimum atomic E-state index is 0.840. The molecule has 0 aromatic heterocycles. The third kappa shape index (κ3) is 2.12. The van der Waals surface area contributed by atoms with Crippen LogP contribution in [0.25, 0.3) is 0 Å². The fourth-order valence-electron chi connectivity index (χ4n) is 2.92. The first-order chi connectivity index (χ1) is 6.81. The summed E-state index contributed by atoms with van der Waals surface area (Å²) in [6, 6.07) is 0.840. The minimum Gasteiger partial charge on any atom is -0.315 e. The molecule has 2 fully saturated rings. The number of hydrogen-bond donors (Lipinski definition) is 1. The molecule has 82 valence electrons. The Kier molecular flexibility index (Phi) is 3.45. The molecule has 2 atom stereocenters. The van der Waals surface area contributed by atoms with Crippen LogP contribution in [0, 0.1) is 11.8 Å². The summed E-state index contributed by atoms with van der Waals surface area (Å²) >= 11 is 0. The average molecular weight is 196 g/mol. The molecular weight excluding hydrogens is 172 g/mol. The number of piperidine rings is 1. The van der Waals surface area contributed by atoms with Crippen LogP contribution in [0.5, 0.6) is 0 Å². The van der Waals surface area contributed by atoms with E-state index in [1.54, 1.807) is 0 Å². The second-order valence-electron chi connectivity index (χ2n) is 5.11. The van der Waals surface area contributed by atoms with E-state index in [-0.39, 0.29) is 0 Å². The Morgan fingerprint density at radius 1 is 1.21 bits per heavy atom. The van der Waals surface area contributed by atoms with E-state index in [4.69, 9.17) is 0 Å². The molecule has 2 aliphatic rings. The van der Waals surface area contributed by atoms with E-state index in [0.29, 0.717) is 0 Å². The maximum Gasteiger partial charge on any atom is 0.0260 e. The molecule has 2 rings (SSSR count). The third-order valence-corrected chi connectivity index (χ3v) is 4.12. The molecule has 0 spiro atoms. The van der Waals surface area contributed by atoms with Gasteiger partial charge in [0.1, 0.15) is 0 Å². The van der Waals surface area contributed by atoms with Gasteiger partial charge in [-0.05, 0) is 44.3 Å². The maximum atomic E-state index is 3.54. The lowest BCUT2D eigenvalue weighted by molar-refractivity contribution is 0.120. The summed E-state index contributed by atoms with van der Waals surface area (Å²) in [5.41, 5.74) is 0. The summed E-state index contributed by atoms with van der Waals surface area (Å²) in [7, 11) is 0. The van der Waals surface area contributed by atoms with Gasteiger partial charge in [0.2, 0.25) is 0 Å². The van der Waals surface area contributed by atoms with Crippen molar-refractivity contribution < 1.29 is 0 Å². The van der Waals surface area contributed by atoms with Crippen molar-refractivity contribution in [1.82, 2.24) is 10.2 Å². The highest BCUT2D eigenvalue weighted by atomic mass is 15.2. The highest BCUT2D eigenvalue weighted by Gasteiger charge is 2.32. The molecule has 0 bridgehead atoms. The summed E-state index contributed by atoms with van der Waals surface area (Å²) in [6.07, 6.45) is 4.16. The van der Waals surface area contributed by atoms with E-state index in [0.717, 1.165) is 17.9 Å². The molecule has 2 saturated heterocycles. The summed E-state index contributed by atoms with van der Waals surface area (Å²) < 4.78 is 0. The van der Waals surface area contributed by atoms with Crippen LogP contribution < -0.4 is 5.32 Å².